The standard InChI is InChI=1S/C25H33FN4O3/c26-19-3-6-22(17-1-4-21(31)5-2-17)23(11-19)18-7-9-29(10-8-18)20-12-25(33-13-20)14-30(15-25)24-28-27-16-32-24/h3,6,11,16-18,20-21,31H,1-2,4-5,7-10,12-15H2/t17?,20-,21?/m0/s1. The number of benzene rings is 1. The van der Waals surface area contributed by atoms with Crippen molar-refractivity contribution in [3.63, 3.8) is 0 Å². The average molecular weight is 457 g/mol. The molecule has 0 bridgehead atoms. The maximum atomic E-state index is 14.2. The predicted molar refractivity (Wildman–Crippen MR) is 121 cm³/mol. The van der Waals surface area contributed by atoms with Crippen molar-refractivity contribution in [2.24, 2.45) is 0 Å². The van der Waals surface area contributed by atoms with Gasteiger partial charge in [0.15, 0.2) is 0 Å². The first-order chi connectivity index (χ1) is 16.1. The highest BCUT2D eigenvalue weighted by atomic mass is 19.1. The van der Waals surface area contributed by atoms with Crippen LogP contribution in [0.5, 0.6) is 0 Å². The zero-order chi connectivity index (χ0) is 22.4. The molecule has 1 aliphatic carbocycles. The van der Waals surface area contributed by atoms with E-state index in [0.717, 1.165) is 77.7 Å². The van der Waals surface area contributed by atoms with E-state index in [4.69, 9.17) is 9.15 Å². The summed E-state index contributed by atoms with van der Waals surface area (Å²) in [7, 11) is 0. The van der Waals surface area contributed by atoms with Crippen LogP contribution in [0.25, 0.3) is 0 Å². The molecule has 0 amide bonds. The quantitative estimate of drug-likeness (QED) is 0.755. The Morgan fingerprint density at radius 3 is 2.48 bits per heavy atom. The van der Waals surface area contributed by atoms with Gasteiger partial charge in [-0.1, -0.05) is 11.2 Å². The van der Waals surface area contributed by atoms with E-state index >= 15 is 0 Å². The van der Waals surface area contributed by atoms with Crippen LogP contribution >= 0.6 is 0 Å². The average Bonchev–Trinajstić information content (AvgIpc) is 3.49. The number of anilines is 1. The van der Waals surface area contributed by atoms with E-state index < -0.39 is 0 Å². The first kappa shape index (κ1) is 21.5. The summed E-state index contributed by atoms with van der Waals surface area (Å²) >= 11 is 0. The van der Waals surface area contributed by atoms with Crippen LogP contribution < -0.4 is 4.90 Å². The summed E-state index contributed by atoms with van der Waals surface area (Å²) in [6, 6.07) is 6.44. The molecular weight excluding hydrogens is 423 g/mol. The first-order valence-electron chi connectivity index (χ1n) is 12.5. The lowest BCUT2D eigenvalue weighted by Gasteiger charge is -2.46. The van der Waals surface area contributed by atoms with Gasteiger partial charge in [-0.2, -0.15) is 0 Å². The van der Waals surface area contributed by atoms with E-state index in [0.29, 0.717) is 23.9 Å². The molecule has 1 atom stereocenters. The van der Waals surface area contributed by atoms with Crippen molar-refractivity contribution < 1.29 is 18.7 Å². The van der Waals surface area contributed by atoms with Gasteiger partial charge in [0.05, 0.1) is 25.8 Å². The number of ether oxygens (including phenoxy) is 1. The largest absolute Gasteiger partial charge is 0.411 e. The van der Waals surface area contributed by atoms with Crippen LogP contribution in [0, 0.1) is 5.82 Å². The fourth-order valence-electron chi connectivity index (χ4n) is 6.60. The minimum Gasteiger partial charge on any atom is -0.411 e. The van der Waals surface area contributed by atoms with Gasteiger partial charge in [-0.15, -0.1) is 5.10 Å². The normalized spacial score (nSPS) is 30.6. The van der Waals surface area contributed by atoms with Gasteiger partial charge in [-0.25, -0.2) is 4.39 Å². The number of aromatic nitrogens is 2. The Morgan fingerprint density at radius 1 is 1.00 bits per heavy atom. The summed E-state index contributed by atoms with van der Waals surface area (Å²) in [6.07, 6.45) is 8.07. The number of aliphatic hydroxyl groups is 1. The smallest absolute Gasteiger partial charge is 0.318 e. The SMILES string of the molecule is OC1CCC(c2ccc(F)cc2C2CCN([C@@H]3COC4(C3)CN(c3nnco3)C4)CC2)CC1. The predicted octanol–water partition coefficient (Wildman–Crippen LogP) is 3.45. The molecule has 4 heterocycles. The van der Waals surface area contributed by atoms with Gasteiger partial charge in [-0.05, 0) is 93.1 Å². The summed E-state index contributed by atoms with van der Waals surface area (Å²) < 4.78 is 25.8. The topological polar surface area (TPSA) is 74.9 Å². The highest BCUT2D eigenvalue weighted by Gasteiger charge is 2.52. The van der Waals surface area contributed by atoms with Gasteiger partial charge in [-0.3, -0.25) is 4.90 Å². The van der Waals surface area contributed by atoms with Crippen LogP contribution in [0.1, 0.15) is 67.9 Å². The summed E-state index contributed by atoms with van der Waals surface area (Å²) in [5.41, 5.74) is 2.45. The molecule has 1 saturated carbocycles. The van der Waals surface area contributed by atoms with Crippen molar-refractivity contribution in [1.29, 1.82) is 0 Å². The summed E-state index contributed by atoms with van der Waals surface area (Å²) in [6.45, 7) is 4.46. The lowest BCUT2D eigenvalue weighted by Crippen LogP contribution is -2.62. The van der Waals surface area contributed by atoms with Gasteiger partial charge >= 0.3 is 6.01 Å². The lowest BCUT2D eigenvalue weighted by molar-refractivity contribution is -0.0216. The third-order valence-electron chi connectivity index (χ3n) is 8.44. The van der Waals surface area contributed by atoms with Crippen molar-refractivity contribution in [2.45, 2.75) is 74.5 Å². The monoisotopic (exact) mass is 456 g/mol. The minimum atomic E-state index is -0.167. The van der Waals surface area contributed by atoms with E-state index in [-0.39, 0.29) is 17.5 Å². The van der Waals surface area contributed by atoms with Gasteiger partial charge in [0, 0.05) is 6.04 Å². The number of nitrogens with zero attached hydrogens (tertiary/aromatic N) is 4. The molecular formula is C25H33FN4O3. The van der Waals surface area contributed by atoms with Crippen molar-refractivity contribution >= 4 is 6.01 Å². The van der Waals surface area contributed by atoms with Crippen LogP contribution in [-0.4, -0.2) is 70.7 Å². The number of piperidine rings is 1. The van der Waals surface area contributed by atoms with Crippen molar-refractivity contribution in [3.8, 4) is 0 Å². The summed E-state index contributed by atoms with van der Waals surface area (Å²) in [4.78, 5) is 4.66. The minimum absolute atomic E-state index is 0.0861. The Morgan fingerprint density at radius 2 is 1.76 bits per heavy atom. The van der Waals surface area contributed by atoms with E-state index in [1.165, 1.54) is 17.5 Å². The number of aliphatic hydroxyl groups excluding tert-OH is 1. The molecule has 3 aliphatic heterocycles. The fourth-order valence-corrected chi connectivity index (χ4v) is 6.60. The molecule has 1 N–H and O–H groups in total. The number of hydrogen-bond donors (Lipinski definition) is 1. The lowest BCUT2D eigenvalue weighted by atomic mass is 9.76. The molecule has 7 nitrogen and oxygen atoms in total. The summed E-state index contributed by atoms with van der Waals surface area (Å²) in [5.74, 6) is 0.728. The molecule has 1 spiro atoms. The van der Waals surface area contributed by atoms with Crippen molar-refractivity contribution in [2.75, 3.05) is 37.7 Å². The maximum Gasteiger partial charge on any atom is 0.318 e. The Hall–Kier alpha value is -2.03. The zero-order valence-corrected chi connectivity index (χ0v) is 19.0. The van der Waals surface area contributed by atoms with Gasteiger partial charge in [0.2, 0.25) is 6.39 Å². The Balaban J connectivity index is 1.07. The Bertz CT molecular complexity index is 949. The van der Waals surface area contributed by atoms with Crippen LogP contribution in [0.15, 0.2) is 29.0 Å². The second kappa shape index (κ2) is 8.64. The summed E-state index contributed by atoms with van der Waals surface area (Å²) in [5, 5.41) is 17.7. The molecule has 6 rings (SSSR count). The maximum absolute atomic E-state index is 14.2. The van der Waals surface area contributed by atoms with Crippen LogP contribution in [0.3, 0.4) is 0 Å². The van der Waals surface area contributed by atoms with Gasteiger partial charge < -0.3 is 19.2 Å². The molecule has 1 aromatic carbocycles. The van der Waals surface area contributed by atoms with E-state index in [1.807, 2.05) is 6.07 Å². The second-order valence-electron chi connectivity index (χ2n) is 10.5. The molecule has 4 fully saturated rings. The third-order valence-corrected chi connectivity index (χ3v) is 8.44. The highest BCUT2D eigenvalue weighted by molar-refractivity contribution is 5.36. The number of hydrogen-bond acceptors (Lipinski definition) is 7. The number of rotatable bonds is 4. The molecule has 2 aromatic rings. The van der Waals surface area contributed by atoms with Gasteiger partial charge in [0.1, 0.15) is 11.4 Å². The van der Waals surface area contributed by atoms with E-state index in [2.05, 4.69) is 20.0 Å². The first-order valence-corrected chi connectivity index (χ1v) is 12.5. The molecule has 33 heavy (non-hydrogen) atoms. The molecule has 8 heteroatoms. The van der Waals surface area contributed by atoms with Crippen molar-refractivity contribution in [1.82, 2.24) is 15.1 Å². The third kappa shape index (κ3) is 4.17. The van der Waals surface area contributed by atoms with Crippen LogP contribution in [-0.2, 0) is 4.74 Å². The molecule has 0 radical (unpaired) electrons. The molecule has 1 aromatic heterocycles. The Kier molecular flexibility index (Phi) is 5.63. The highest BCUT2D eigenvalue weighted by Crippen LogP contribution is 2.42. The van der Waals surface area contributed by atoms with E-state index in [9.17, 15) is 9.50 Å². The van der Waals surface area contributed by atoms with Crippen LogP contribution in [0.2, 0.25) is 0 Å². The molecule has 4 aliphatic rings. The van der Waals surface area contributed by atoms with Crippen molar-refractivity contribution in [3.05, 3.63) is 41.5 Å². The van der Waals surface area contributed by atoms with Crippen LogP contribution in [0.4, 0.5) is 10.4 Å². The zero-order valence-electron chi connectivity index (χ0n) is 19.0. The number of likely N-dealkylation sites (tertiary alicyclic amines) is 1. The van der Waals surface area contributed by atoms with E-state index in [1.54, 1.807) is 12.1 Å². The van der Waals surface area contributed by atoms with Gasteiger partial charge in [0.25, 0.3) is 0 Å². The molecule has 3 saturated heterocycles. The fraction of sp³-hybridized carbons (Fsp3) is 0.680. The molecule has 178 valence electrons. The molecule has 0 unspecified atom stereocenters. The number of halogens is 1. The second-order valence-corrected chi connectivity index (χ2v) is 10.5. The Labute approximate surface area is 193 Å².